The van der Waals surface area contributed by atoms with Crippen LogP contribution < -0.4 is 5.32 Å². The summed E-state index contributed by atoms with van der Waals surface area (Å²) < 4.78 is 0. The van der Waals surface area contributed by atoms with E-state index in [0.29, 0.717) is 12.3 Å². The number of nitrogens with zero attached hydrogens (tertiary/aromatic N) is 1. The molecule has 0 radical (unpaired) electrons. The highest BCUT2D eigenvalue weighted by Gasteiger charge is 2.19. The van der Waals surface area contributed by atoms with Crippen molar-refractivity contribution >= 4 is 22.5 Å². The molecule has 1 aliphatic rings. The molecule has 2 aromatic carbocycles. The molecule has 0 saturated heterocycles. The number of benzene rings is 2. The van der Waals surface area contributed by atoms with Crippen LogP contribution in [0.15, 0.2) is 60.8 Å². The van der Waals surface area contributed by atoms with Crippen LogP contribution in [0.2, 0.25) is 0 Å². The highest BCUT2D eigenvalue weighted by molar-refractivity contribution is 6.05. The standard InChI is InChI=1S/C22H22N2O/c25-21(15-16-7-4-5-8-16)24-20-13-12-18(17-9-2-1-3-10-17)19-11-6-14-23-22(19)20/h1-3,6,9-14,16H,4-5,7-8,15H2,(H,24,25). The maximum Gasteiger partial charge on any atom is 0.224 e. The number of nitrogens with one attached hydrogen (secondary N) is 1. The number of anilines is 1. The number of aromatic nitrogens is 1. The highest BCUT2D eigenvalue weighted by Crippen LogP contribution is 2.33. The first-order valence-electron chi connectivity index (χ1n) is 9.04. The molecular weight excluding hydrogens is 308 g/mol. The van der Waals surface area contributed by atoms with Gasteiger partial charge in [0.25, 0.3) is 0 Å². The van der Waals surface area contributed by atoms with Crippen molar-refractivity contribution in [3.63, 3.8) is 0 Å². The molecule has 0 atom stereocenters. The average molecular weight is 330 g/mol. The lowest BCUT2D eigenvalue weighted by Crippen LogP contribution is -2.15. The van der Waals surface area contributed by atoms with Crippen LogP contribution in [-0.4, -0.2) is 10.9 Å². The van der Waals surface area contributed by atoms with Gasteiger partial charge >= 0.3 is 0 Å². The molecule has 4 rings (SSSR count). The van der Waals surface area contributed by atoms with Gasteiger partial charge in [0.15, 0.2) is 0 Å². The molecule has 1 saturated carbocycles. The number of carbonyl (C=O) groups is 1. The first-order valence-corrected chi connectivity index (χ1v) is 9.04. The molecule has 0 unspecified atom stereocenters. The first kappa shape index (κ1) is 15.8. The Balaban J connectivity index is 1.65. The molecule has 0 bridgehead atoms. The Morgan fingerprint density at radius 2 is 1.80 bits per heavy atom. The van der Waals surface area contributed by atoms with E-state index in [4.69, 9.17) is 0 Å². The second-order valence-corrected chi connectivity index (χ2v) is 6.83. The number of rotatable bonds is 4. The molecule has 1 aliphatic carbocycles. The lowest BCUT2D eigenvalue weighted by atomic mass is 9.99. The zero-order chi connectivity index (χ0) is 17.1. The highest BCUT2D eigenvalue weighted by atomic mass is 16.1. The molecular formula is C22H22N2O. The van der Waals surface area contributed by atoms with Gasteiger partial charge < -0.3 is 5.32 Å². The Bertz CT molecular complexity index is 883. The first-order chi connectivity index (χ1) is 12.3. The van der Waals surface area contributed by atoms with Crippen LogP contribution in [-0.2, 0) is 4.79 Å². The molecule has 1 N–H and O–H groups in total. The van der Waals surface area contributed by atoms with Gasteiger partial charge in [-0.2, -0.15) is 0 Å². The normalized spacial score (nSPS) is 14.7. The third kappa shape index (κ3) is 3.41. The van der Waals surface area contributed by atoms with Gasteiger partial charge in [-0.05, 0) is 42.0 Å². The third-order valence-corrected chi connectivity index (χ3v) is 5.08. The van der Waals surface area contributed by atoms with Gasteiger partial charge in [0, 0.05) is 18.0 Å². The number of hydrogen-bond donors (Lipinski definition) is 1. The van der Waals surface area contributed by atoms with E-state index in [1.807, 2.05) is 30.3 Å². The fourth-order valence-electron chi connectivity index (χ4n) is 3.82. The molecule has 0 aliphatic heterocycles. The second-order valence-electron chi connectivity index (χ2n) is 6.83. The number of hydrogen-bond acceptors (Lipinski definition) is 2. The quantitative estimate of drug-likeness (QED) is 0.694. The van der Waals surface area contributed by atoms with E-state index in [2.05, 4.69) is 34.6 Å². The summed E-state index contributed by atoms with van der Waals surface area (Å²) in [5.41, 5.74) is 3.95. The predicted molar refractivity (Wildman–Crippen MR) is 102 cm³/mol. The fourth-order valence-corrected chi connectivity index (χ4v) is 3.82. The SMILES string of the molecule is O=C(CC1CCCC1)Nc1ccc(-c2ccccc2)c2cccnc12. The van der Waals surface area contributed by atoms with Crippen molar-refractivity contribution in [2.75, 3.05) is 5.32 Å². The molecule has 3 nitrogen and oxygen atoms in total. The van der Waals surface area contributed by atoms with E-state index in [1.165, 1.54) is 25.7 Å². The Kier molecular flexibility index (Phi) is 4.47. The van der Waals surface area contributed by atoms with Crippen molar-refractivity contribution in [1.82, 2.24) is 4.98 Å². The van der Waals surface area contributed by atoms with Crippen LogP contribution in [0.25, 0.3) is 22.0 Å². The average Bonchev–Trinajstić information content (AvgIpc) is 3.15. The topological polar surface area (TPSA) is 42.0 Å². The fraction of sp³-hybridized carbons (Fsp3) is 0.273. The van der Waals surface area contributed by atoms with Crippen LogP contribution in [0.5, 0.6) is 0 Å². The number of fused-ring (bicyclic) bond motifs is 1. The lowest BCUT2D eigenvalue weighted by Gasteiger charge is -2.13. The van der Waals surface area contributed by atoms with Crippen LogP contribution in [0.1, 0.15) is 32.1 Å². The molecule has 1 amide bonds. The summed E-state index contributed by atoms with van der Waals surface area (Å²) in [6.07, 6.45) is 7.28. The predicted octanol–water partition coefficient (Wildman–Crippen LogP) is 5.42. The van der Waals surface area contributed by atoms with Gasteiger partial charge in [-0.15, -0.1) is 0 Å². The van der Waals surface area contributed by atoms with Crippen LogP contribution in [0.3, 0.4) is 0 Å². The minimum absolute atomic E-state index is 0.103. The van der Waals surface area contributed by atoms with Crippen molar-refractivity contribution < 1.29 is 4.79 Å². The molecule has 0 spiro atoms. The van der Waals surface area contributed by atoms with E-state index in [1.54, 1.807) is 6.20 Å². The summed E-state index contributed by atoms with van der Waals surface area (Å²) in [5, 5.41) is 4.15. The Morgan fingerprint density at radius 3 is 2.60 bits per heavy atom. The minimum atomic E-state index is 0.103. The summed E-state index contributed by atoms with van der Waals surface area (Å²) in [5.74, 6) is 0.647. The van der Waals surface area contributed by atoms with Crippen molar-refractivity contribution in [2.45, 2.75) is 32.1 Å². The molecule has 1 aromatic heterocycles. The third-order valence-electron chi connectivity index (χ3n) is 5.08. The number of carbonyl (C=O) groups excluding carboxylic acids is 1. The van der Waals surface area contributed by atoms with Crippen LogP contribution in [0, 0.1) is 5.92 Å². The largest absolute Gasteiger partial charge is 0.324 e. The molecule has 1 heterocycles. The Labute approximate surface area is 148 Å². The summed E-state index contributed by atoms with van der Waals surface area (Å²) in [4.78, 5) is 17.0. The second kappa shape index (κ2) is 7.06. The molecule has 25 heavy (non-hydrogen) atoms. The van der Waals surface area contributed by atoms with Crippen molar-refractivity contribution in [3.8, 4) is 11.1 Å². The number of pyridine rings is 1. The van der Waals surface area contributed by atoms with Crippen molar-refractivity contribution in [2.24, 2.45) is 5.92 Å². The summed E-state index contributed by atoms with van der Waals surface area (Å²) in [7, 11) is 0. The van der Waals surface area contributed by atoms with Gasteiger partial charge in [-0.1, -0.05) is 55.3 Å². The Morgan fingerprint density at radius 1 is 1.00 bits per heavy atom. The summed E-state index contributed by atoms with van der Waals surface area (Å²) >= 11 is 0. The van der Waals surface area contributed by atoms with Crippen LogP contribution >= 0.6 is 0 Å². The molecule has 126 valence electrons. The molecule has 1 fully saturated rings. The van der Waals surface area contributed by atoms with Crippen LogP contribution in [0.4, 0.5) is 5.69 Å². The maximum atomic E-state index is 12.4. The molecule has 3 heteroatoms. The zero-order valence-corrected chi connectivity index (χ0v) is 14.2. The molecule has 3 aromatic rings. The van der Waals surface area contributed by atoms with Gasteiger partial charge in [-0.25, -0.2) is 0 Å². The van der Waals surface area contributed by atoms with Crippen molar-refractivity contribution in [3.05, 3.63) is 60.8 Å². The van der Waals surface area contributed by atoms with E-state index in [-0.39, 0.29) is 5.91 Å². The smallest absolute Gasteiger partial charge is 0.224 e. The van der Waals surface area contributed by atoms with E-state index in [9.17, 15) is 4.79 Å². The van der Waals surface area contributed by atoms with E-state index in [0.717, 1.165) is 27.7 Å². The van der Waals surface area contributed by atoms with E-state index < -0.39 is 0 Å². The number of amides is 1. The monoisotopic (exact) mass is 330 g/mol. The summed E-state index contributed by atoms with van der Waals surface area (Å²) in [6, 6.07) is 18.3. The minimum Gasteiger partial charge on any atom is -0.324 e. The zero-order valence-electron chi connectivity index (χ0n) is 14.2. The van der Waals surface area contributed by atoms with Crippen molar-refractivity contribution in [1.29, 1.82) is 0 Å². The van der Waals surface area contributed by atoms with Gasteiger partial charge in [-0.3, -0.25) is 9.78 Å². The van der Waals surface area contributed by atoms with E-state index >= 15 is 0 Å². The van der Waals surface area contributed by atoms with Gasteiger partial charge in [0.2, 0.25) is 5.91 Å². The van der Waals surface area contributed by atoms with Gasteiger partial charge in [0.1, 0.15) is 0 Å². The lowest BCUT2D eigenvalue weighted by molar-refractivity contribution is -0.117. The summed E-state index contributed by atoms with van der Waals surface area (Å²) in [6.45, 7) is 0. The Hall–Kier alpha value is -2.68. The maximum absolute atomic E-state index is 12.4. The van der Waals surface area contributed by atoms with Gasteiger partial charge in [0.05, 0.1) is 11.2 Å².